The molecular weight excluding hydrogens is 253 g/mol. The molecule has 1 aromatic rings. The van der Waals surface area contributed by atoms with Crippen LogP contribution in [0.15, 0.2) is 18.2 Å². The highest BCUT2D eigenvalue weighted by Crippen LogP contribution is 2.32. The fourth-order valence-corrected chi connectivity index (χ4v) is 1.77. The lowest BCUT2D eigenvalue weighted by Gasteiger charge is -2.18. The molecule has 0 heterocycles. The van der Waals surface area contributed by atoms with Gasteiger partial charge in [0.25, 0.3) is 0 Å². The number of halogens is 4. The van der Waals surface area contributed by atoms with E-state index >= 15 is 0 Å². The molecule has 0 aromatic heterocycles. The van der Waals surface area contributed by atoms with Gasteiger partial charge >= 0.3 is 6.18 Å². The van der Waals surface area contributed by atoms with Gasteiger partial charge in [0.2, 0.25) is 0 Å². The largest absolute Gasteiger partial charge is 0.390 e. The minimum Gasteiger partial charge on any atom is -0.378 e. The van der Waals surface area contributed by atoms with Gasteiger partial charge in [-0.25, -0.2) is 0 Å². The molecule has 1 aromatic carbocycles. The molecule has 0 aliphatic heterocycles. The molecule has 0 saturated carbocycles. The zero-order valence-electron chi connectivity index (χ0n) is 9.55. The number of hydrogen-bond acceptors (Lipinski definition) is 2. The van der Waals surface area contributed by atoms with E-state index in [0.29, 0.717) is 5.56 Å². The highest BCUT2D eigenvalue weighted by atomic mass is 35.5. The summed E-state index contributed by atoms with van der Waals surface area (Å²) < 4.78 is 36.6. The Morgan fingerprint density at radius 2 is 1.94 bits per heavy atom. The Morgan fingerprint density at radius 3 is 2.35 bits per heavy atom. The molecule has 1 rings (SSSR count). The molecule has 1 atom stereocenters. The zero-order chi connectivity index (χ0) is 13.2. The molecule has 0 radical (unpaired) electrons. The van der Waals surface area contributed by atoms with Crippen LogP contribution < -0.4 is 10.6 Å². The maximum absolute atomic E-state index is 12.2. The van der Waals surface area contributed by atoms with Crippen LogP contribution in [0, 0.1) is 0 Å². The molecule has 2 N–H and O–H groups in total. The Hall–Kier alpha value is -0.940. The van der Waals surface area contributed by atoms with E-state index in [1.54, 1.807) is 12.1 Å². The number of hydrogen-bond donors (Lipinski definition) is 1. The van der Waals surface area contributed by atoms with Gasteiger partial charge in [-0.1, -0.05) is 17.7 Å². The van der Waals surface area contributed by atoms with E-state index in [2.05, 4.69) is 0 Å². The van der Waals surface area contributed by atoms with Crippen molar-refractivity contribution in [2.75, 3.05) is 19.0 Å². The van der Waals surface area contributed by atoms with Gasteiger partial charge in [-0.15, -0.1) is 0 Å². The summed E-state index contributed by atoms with van der Waals surface area (Å²) in [6, 6.07) is 3.71. The van der Waals surface area contributed by atoms with Crippen LogP contribution in [-0.4, -0.2) is 20.3 Å². The van der Waals surface area contributed by atoms with Crippen molar-refractivity contribution in [2.24, 2.45) is 5.73 Å². The van der Waals surface area contributed by atoms with Gasteiger partial charge in [-0.2, -0.15) is 13.2 Å². The van der Waals surface area contributed by atoms with Crippen LogP contribution in [0.2, 0.25) is 5.02 Å². The zero-order valence-corrected chi connectivity index (χ0v) is 10.3. The van der Waals surface area contributed by atoms with Crippen molar-refractivity contribution in [1.82, 2.24) is 0 Å². The van der Waals surface area contributed by atoms with Crippen molar-refractivity contribution in [3.63, 3.8) is 0 Å². The summed E-state index contributed by atoms with van der Waals surface area (Å²) in [7, 11) is 3.64. The first-order valence-electron chi connectivity index (χ1n) is 5.00. The highest BCUT2D eigenvalue weighted by molar-refractivity contribution is 6.31. The monoisotopic (exact) mass is 266 g/mol. The third-order valence-electron chi connectivity index (χ3n) is 2.35. The molecule has 0 amide bonds. The highest BCUT2D eigenvalue weighted by Gasteiger charge is 2.31. The summed E-state index contributed by atoms with van der Waals surface area (Å²) in [5.41, 5.74) is 6.62. The van der Waals surface area contributed by atoms with Crippen LogP contribution in [0.25, 0.3) is 0 Å². The van der Waals surface area contributed by atoms with Gasteiger partial charge in [-0.05, 0) is 17.7 Å². The average Bonchev–Trinajstić information content (AvgIpc) is 2.14. The number of nitrogens with zero attached hydrogens (tertiary/aromatic N) is 1. The predicted octanol–water partition coefficient (Wildman–Crippen LogP) is 3.36. The number of rotatable bonds is 3. The molecular formula is C11H14ClF3N2. The summed E-state index contributed by atoms with van der Waals surface area (Å²) in [6.45, 7) is 0. The van der Waals surface area contributed by atoms with Gasteiger partial charge < -0.3 is 10.6 Å². The van der Waals surface area contributed by atoms with Crippen LogP contribution in [0.5, 0.6) is 0 Å². The maximum Gasteiger partial charge on any atom is 0.390 e. The van der Waals surface area contributed by atoms with Gasteiger partial charge in [0.15, 0.2) is 0 Å². The SMILES string of the molecule is CN(C)c1ccc([C@H](N)CC(F)(F)F)c(Cl)c1. The summed E-state index contributed by atoms with van der Waals surface area (Å²) in [5, 5.41) is 0.257. The Kier molecular flexibility index (Phi) is 4.27. The van der Waals surface area contributed by atoms with Crippen molar-refractivity contribution >= 4 is 17.3 Å². The molecule has 17 heavy (non-hydrogen) atoms. The van der Waals surface area contributed by atoms with Crippen molar-refractivity contribution in [1.29, 1.82) is 0 Å². The first kappa shape index (κ1) is 14.1. The van der Waals surface area contributed by atoms with Crippen molar-refractivity contribution < 1.29 is 13.2 Å². The summed E-state index contributed by atoms with van der Waals surface area (Å²) in [4.78, 5) is 1.81. The molecule has 0 aliphatic rings. The predicted molar refractivity (Wildman–Crippen MR) is 63.4 cm³/mol. The van der Waals surface area contributed by atoms with Crippen molar-refractivity contribution in [2.45, 2.75) is 18.6 Å². The molecule has 0 fully saturated rings. The lowest BCUT2D eigenvalue weighted by molar-refractivity contribution is -0.138. The van der Waals surface area contributed by atoms with E-state index in [1.807, 2.05) is 19.0 Å². The normalized spacial score (nSPS) is 13.6. The first-order valence-corrected chi connectivity index (χ1v) is 5.37. The number of nitrogens with two attached hydrogens (primary N) is 1. The van der Waals surface area contributed by atoms with Crippen LogP contribution in [0.4, 0.5) is 18.9 Å². The lowest BCUT2D eigenvalue weighted by atomic mass is 10.0. The van der Waals surface area contributed by atoms with E-state index in [1.165, 1.54) is 6.07 Å². The van der Waals surface area contributed by atoms with Gasteiger partial charge in [-0.3, -0.25) is 0 Å². The summed E-state index contributed by atoms with van der Waals surface area (Å²) >= 11 is 5.92. The molecule has 0 spiro atoms. The van der Waals surface area contributed by atoms with Crippen molar-refractivity contribution in [3.8, 4) is 0 Å². The second kappa shape index (κ2) is 5.14. The molecule has 0 aliphatic carbocycles. The van der Waals surface area contributed by atoms with Gasteiger partial charge in [0.05, 0.1) is 6.42 Å². The fraction of sp³-hybridized carbons (Fsp3) is 0.455. The molecule has 96 valence electrons. The Labute approximate surface area is 103 Å². The summed E-state index contributed by atoms with van der Waals surface area (Å²) in [6.07, 6.45) is -5.36. The number of benzene rings is 1. The second-order valence-electron chi connectivity index (χ2n) is 4.03. The fourth-order valence-electron chi connectivity index (χ4n) is 1.45. The molecule has 6 heteroatoms. The van der Waals surface area contributed by atoms with E-state index in [-0.39, 0.29) is 5.02 Å². The first-order chi connectivity index (χ1) is 7.70. The van der Waals surface area contributed by atoms with Gasteiger partial charge in [0, 0.05) is 30.8 Å². The summed E-state index contributed by atoms with van der Waals surface area (Å²) in [5.74, 6) is 0. The molecule has 2 nitrogen and oxygen atoms in total. The van der Waals surface area contributed by atoms with Crippen LogP contribution in [0.1, 0.15) is 18.0 Å². The lowest BCUT2D eigenvalue weighted by Crippen LogP contribution is -2.20. The molecule has 0 saturated heterocycles. The third kappa shape index (κ3) is 4.09. The standard InChI is InChI=1S/C11H14ClF3N2/c1-17(2)7-3-4-8(9(12)5-7)10(16)6-11(13,14)15/h3-5,10H,6,16H2,1-2H3/t10-/m1/s1. The Balaban J connectivity index is 2.92. The molecule has 0 bridgehead atoms. The number of alkyl halides is 3. The van der Waals surface area contributed by atoms with Crippen LogP contribution >= 0.6 is 11.6 Å². The van der Waals surface area contributed by atoms with E-state index < -0.39 is 18.6 Å². The van der Waals surface area contributed by atoms with Crippen molar-refractivity contribution in [3.05, 3.63) is 28.8 Å². The average molecular weight is 267 g/mol. The quantitative estimate of drug-likeness (QED) is 0.909. The molecule has 0 unspecified atom stereocenters. The smallest absolute Gasteiger partial charge is 0.378 e. The van der Waals surface area contributed by atoms with Crippen LogP contribution in [0.3, 0.4) is 0 Å². The Morgan fingerprint density at radius 1 is 1.35 bits per heavy atom. The minimum atomic E-state index is -4.29. The Bertz CT molecular complexity index is 391. The number of anilines is 1. The van der Waals surface area contributed by atoms with E-state index in [9.17, 15) is 13.2 Å². The third-order valence-corrected chi connectivity index (χ3v) is 2.68. The second-order valence-corrected chi connectivity index (χ2v) is 4.43. The van der Waals surface area contributed by atoms with E-state index in [0.717, 1.165) is 5.69 Å². The van der Waals surface area contributed by atoms with E-state index in [4.69, 9.17) is 17.3 Å². The minimum absolute atomic E-state index is 0.257. The van der Waals surface area contributed by atoms with Crippen LogP contribution in [-0.2, 0) is 0 Å². The maximum atomic E-state index is 12.2. The van der Waals surface area contributed by atoms with Gasteiger partial charge in [0.1, 0.15) is 0 Å². The topological polar surface area (TPSA) is 29.3 Å².